The Morgan fingerprint density at radius 2 is 1.61 bits per heavy atom. The molecule has 0 saturated carbocycles. The fourth-order valence-corrected chi connectivity index (χ4v) is 5.57. The van der Waals surface area contributed by atoms with E-state index in [-0.39, 0.29) is 12.1 Å². The predicted octanol–water partition coefficient (Wildman–Crippen LogP) is 1.76. The van der Waals surface area contributed by atoms with E-state index in [9.17, 15) is 8.42 Å². The summed E-state index contributed by atoms with van der Waals surface area (Å²) in [5, 5.41) is 1.53. The van der Waals surface area contributed by atoms with E-state index in [2.05, 4.69) is 5.43 Å². The molecule has 0 radical (unpaired) electrons. The Bertz CT molecular complexity index is 795. The van der Waals surface area contributed by atoms with E-state index in [0.717, 1.165) is 11.3 Å². The number of hydrogen-bond acceptors (Lipinski definition) is 4. The second kappa shape index (κ2) is 5.33. The molecule has 2 fully saturated rings. The van der Waals surface area contributed by atoms with E-state index in [0.29, 0.717) is 6.54 Å². The van der Waals surface area contributed by atoms with Gasteiger partial charge in [-0.2, -0.15) is 0 Å². The van der Waals surface area contributed by atoms with Crippen molar-refractivity contribution in [2.24, 2.45) is 0 Å². The molecule has 120 valence electrons. The molecule has 2 aliphatic heterocycles. The summed E-state index contributed by atoms with van der Waals surface area (Å²) in [5.41, 5.74) is 5.41. The number of rotatable bonds is 2. The van der Waals surface area contributed by atoms with Crippen molar-refractivity contribution in [2.45, 2.75) is 17.3 Å². The van der Waals surface area contributed by atoms with E-state index in [1.165, 1.54) is 4.31 Å². The van der Waals surface area contributed by atoms with Gasteiger partial charge in [-0.25, -0.2) is 18.1 Å². The van der Waals surface area contributed by atoms with Crippen LogP contribution in [0.25, 0.3) is 0 Å². The number of likely N-dealkylation sites (N-methyl/N-ethyl adjacent to an activating group) is 1. The Labute approximate surface area is 136 Å². The smallest absolute Gasteiger partial charge is 0.220 e. The maximum absolute atomic E-state index is 12.8. The van der Waals surface area contributed by atoms with Crippen LogP contribution in [0.3, 0.4) is 0 Å². The van der Waals surface area contributed by atoms with Gasteiger partial charge in [0.1, 0.15) is 5.25 Å². The Morgan fingerprint density at radius 3 is 2.26 bits per heavy atom. The number of benzene rings is 2. The average Bonchev–Trinajstić information content (AvgIpc) is 3.05. The zero-order chi connectivity index (χ0) is 16.0. The first-order valence-electron chi connectivity index (χ1n) is 7.69. The van der Waals surface area contributed by atoms with Crippen molar-refractivity contribution >= 4 is 15.7 Å². The molecular weight excluding hydrogens is 310 g/mol. The van der Waals surface area contributed by atoms with Crippen molar-refractivity contribution < 1.29 is 8.42 Å². The molecule has 0 amide bonds. The number of para-hydroxylation sites is 1. The summed E-state index contributed by atoms with van der Waals surface area (Å²) in [6.07, 6.45) is 0. The Morgan fingerprint density at radius 1 is 1.00 bits per heavy atom. The lowest BCUT2D eigenvalue weighted by molar-refractivity contribution is 0.466. The van der Waals surface area contributed by atoms with Crippen LogP contribution < -0.4 is 10.4 Å². The number of nitrogens with zero attached hydrogens (tertiary/aromatic N) is 2. The largest absolute Gasteiger partial charge is 0.299 e. The Balaban J connectivity index is 1.83. The number of fused-ring (bicyclic) bond motifs is 1. The van der Waals surface area contributed by atoms with E-state index < -0.39 is 15.3 Å². The predicted molar refractivity (Wildman–Crippen MR) is 90.4 cm³/mol. The third kappa shape index (κ3) is 2.25. The minimum Gasteiger partial charge on any atom is -0.299 e. The van der Waals surface area contributed by atoms with Crippen LogP contribution in [0.4, 0.5) is 5.69 Å². The van der Waals surface area contributed by atoms with E-state index >= 15 is 0 Å². The van der Waals surface area contributed by atoms with Gasteiger partial charge < -0.3 is 0 Å². The lowest BCUT2D eigenvalue weighted by Gasteiger charge is -2.30. The van der Waals surface area contributed by atoms with Crippen molar-refractivity contribution in [3.63, 3.8) is 0 Å². The van der Waals surface area contributed by atoms with Crippen LogP contribution in [0.1, 0.15) is 11.6 Å². The fourth-order valence-electron chi connectivity index (χ4n) is 3.62. The highest BCUT2D eigenvalue weighted by atomic mass is 32.2. The molecule has 1 N–H and O–H groups in total. The molecule has 4 rings (SSSR count). The van der Waals surface area contributed by atoms with Gasteiger partial charge in [0.15, 0.2) is 0 Å². The second-order valence-corrected chi connectivity index (χ2v) is 8.28. The molecule has 0 unspecified atom stereocenters. The van der Waals surface area contributed by atoms with Crippen molar-refractivity contribution in [1.82, 2.24) is 9.73 Å². The van der Waals surface area contributed by atoms with E-state index in [4.69, 9.17) is 0 Å². The molecule has 2 aromatic rings. The summed E-state index contributed by atoms with van der Waals surface area (Å²) in [6, 6.07) is 19.4. The molecule has 0 bridgehead atoms. The molecule has 5 nitrogen and oxygen atoms in total. The molecule has 2 heterocycles. The van der Waals surface area contributed by atoms with Crippen molar-refractivity contribution in [1.29, 1.82) is 0 Å². The molecule has 23 heavy (non-hydrogen) atoms. The summed E-state index contributed by atoms with van der Waals surface area (Å²) >= 11 is 0. The van der Waals surface area contributed by atoms with Gasteiger partial charge in [0, 0.05) is 13.6 Å². The Kier molecular flexibility index (Phi) is 3.41. The zero-order valence-corrected chi connectivity index (χ0v) is 13.6. The highest BCUT2D eigenvalue weighted by Gasteiger charge is 2.56. The van der Waals surface area contributed by atoms with Crippen LogP contribution in [-0.4, -0.2) is 37.6 Å². The quantitative estimate of drug-likeness (QED) is 0.912. The van der Waals surface area contributed by atoms with Gasteiger partial charge in [-0.3, -0.25) is 5.01 Å². The minimum absolute atomic E-state index is 0.101. The van der Waals surface area contributed by atoms with Gasteiger partial charge in [-0.1, -0.05) is 48.5 Å². The Hall–Kier alpha value is -1.89. The molecule has 2 aliphatic rings. The van der Waals surface area contributed by atoms with Crippen molar-refractivity contribution in [2.75, 3.05) is 18.6 Å². The number of nitrogens with one attached hydrogen (secondary N) is 1. The number of sulfonamides is 1. The van der Waals surface area contributed by atoms with Crippen LogP contribution in [-0.2, 0) is 10.0 Å². The average molecular weight is 329 g/mol. The van der Waals surface area contributed by atoms with Gasteiger partial charge in [0.25, 0.3) is 0 Å². The first-order chi connectivity index (χ1) is 11.1. The van der Waals surface area contributed by atoms with Gasteiger partial charge in [0.2, 0.25) is 10.0 Å². The molecule has 3 atom stereocenters. The third-order valence-electron chi connectivity index (χ3n) is 4.70. The summed E-state index contributed by atoms with van der Waals surface area (Å²) in [6.45, 7) is 0.500. The normalized spacial score (nSPS) is 29.6. The van der Waals surface area contributed by atoms with Crippen LogP contribution in [0.2, 0.25) is 0 Å². The minimum atomic E-state index is -3.31. The summed E-state index contributed by atoms with van der Waals surface area (Å²) in [5.74, 6) is 0. The summed E-state index contributed by atoms with van der Waals surface area (Å²) in [4.78, 5) is 0. The first kappa shape index (κ1) is 14.7. The topological polar surface area (TPSA) is 52.6 Å². The maximum Gasteiger partial charge on any atom is 0.220 e. The summed E-state index contributed by atoms with van der Waals surface area (Å²) < 4.78 is 27.1. The standard InChI is InChI=1S/C17H19N3O2S/c1-19-12-15-17(23(19,21)22)16(13-8-4-2-5-9-13)20(18-15)14-10-6-3-7-11-14/h2-11,15-18H,12H2,1H3/t15-,16-,17+/m0/s1. The monoisotopic (exact) mass is 329 g/mol. The van der Waals surface area contributed by atoms with Crippen molar-refractivity contribution in [3.05, 3.63) is 66.2 Å². The van der Waals surface area contributed by atoms with Crippen LogP contribution in [0.5, 0.6) is 0 Å². The molecule has 0 aromatic heterocycles. The lowest BCUT2D eigenvalue weighted by Crippen LogP contribution is -2.40. The SMILES string of the molecule is CN1C[C@@H]2NN(c3ccccc3)[C@@H](c3ccccc3)[C@@H]2S1(=O)=O. The number of anilines is 1. The fraction of sp³-hybridized carbons (Fsp3) is 0.294. The highest BCUT2D eigenvalue weighted by molar-refractivity contribution is 7.90. The maximum atomic E-state index is 12.8. The second-order valence-electron chi connectivity index (χ2n) is 6.09. The van der Waals surface area contributed by atoms with Gasteiger partial charge in [-0.15, -0.1) is 0 Å². The van der Waals surface area contributed by atoms with Crippen LogP contribution in [0.15, 0.2) is 60.7 Å². The molecule has 0 spiro atoms. The van der Waals surface area contributed by atoms with Gasteiger partial charge in [-0.05, 0) is 17.7 Å². The third-order valence-corrected chi connectivity index (χ3v) is 6.99. The highest BCUT2D eigenvalue weighted by Crippen LogP contribution is 2.42. The summed E-state index contributed by atoms with van der Waals surface area (Å²) in [7, 11) is -1.65. The molecule has 2 saturated heterocycles. The van der Waals surface area contributed by atoms with E-state index in [1.807, 2.05) is 65.7 Å². The number of hydrogen-bond donors (Lipinski definition) is 1. The van der Waals surface area contributed by atoms with Crippen molar-refractivity contribution in [3.8, 4) is 0 Å². The first-order valence-corrected chi connectivity index (χ1v) is 9.20. The molecule has 6 heteroatoms. The van der Waals surface area contributed by atoms with E-state index in [1.54, 1.807) is 7.05 Å². The lowest BCUT2D eigenvalue weighted by atomic mass is 10.0. The zero-order valence-electron chi connectivity index (χ0n) is 12.8. The van der Waals surface area contributed by atoms with Crippen LogP contribution >= 0.6 is 0 Å². The molecule has 0 aliphatic carbocycles. The van der Waals surface area contributed by atoms with Crippen LogP contribution in [0, 0.1) is 0 Å². The van der Waals surface area contributed by atoms with Gasteiger partial charge >= 0.3 is 0 Å². The molecular formula is C17H19N3O2S. The molecule has 2 aromatic carbocycles. The van der Waals surface area contributed by atoms with Gasteiger partial charge in [0.05, 0.1) is 17.8 Å². The number of hydrazine groups is 1.